The predicted molar refractivity (Wildman–Crippen MR) is 143 cm³/mol. The molecule has 0 spiro atoms. The van der Waals surface area contributed by atoms with E-state index in [4.69, 9.17) is 10.7 Å². The molecule has 0 aromatic carbocycles. The molecule has 3 aromatic rings. The van der Waals surface area contributed by atoms with Crippen molar-refractivity contribution in [2.75, 3.05) is 30.4 Å². The van der Waals surface area contributed by atoms with E-state index in [2.05, 4.69) is 20.3 Å². The van der Waals surface area contributed by atoms with Gasteiger partial charge in [0.25, 0.3) is 12.0 Å². The highest BCUT2D eigenvalue weighted by Gasteiger charge is 2.25. The molecule has 1 aliphatic heterocycles. The van der Waals surface area contributed by atoms with E-state index in [1.165, 1.54) is 16.7 Å². The van der Waals surface area contributed by atoms with Gasteiger partial charge in [-0.2, -0.15) is 4.98 Å². The van der Waals surface area contributed by atoms with Crippen LogP contribution in [-0.2, 0) is 32.0 Å². The summed E-state index contributed by atoms with van der Waals surface area (Å²) in [6, 6.07) is 4.33. The second kappa shape index (κ2) is 11.8. The zero-order chi connectivity index (χ0) is 28.4. The molecular formula is C23H27ClF2N6O5S2. The van der Waals surface area contributed by atoms with Gasteiger partial charge in [0.1, 0.15) is 5.65 Å². The molecule has 39 heavy (non-hydrogen) atoms. The van der Waals surface area contributed by atoms with Crippen molar-refractivity contribution in [3.8, 4) is 0 Å². The Labute approximate surface area is 228 Å². The van der Waals surface area contributed by atoms with Crippen LogP contribution in [0.5, 0.6) is 0 Å². The Morgan fingerprint density at radius 1 is 1.13 bits per heavy atom. The van der Waals surface area contributed by atoms with Crippen LogP contribution in [0.25, 0.3) is 11.0 Å². The second-order valence-corrected chi connectivity index (χ2v) is 14.2. The molecule has 11 nitrogen and oxygen atoms in total. The minimum Gasteiger partial charge on any atom is -0.351 e. The van der Waals surface area contributed by atoms with Crippen molar-refractivity contribution in [3.63, 3.8) is 0 Å². The number of piperidine rings is 1. The third kappa shape index (κ3) is 7.68. The van der Waals surface area contributed by atoms with Crippen LogP contribution in [0.4, 0.5) is 14.7 Å². The zero-order valence-electron chi connectivity index (χ0n) is 20.9. The summed E-state index contributed by atoms with van der Waals surface area (Å²) >= 11 is 0. The number of nitrogens with one attached hydrogen (secondary N) is 1. The van der Waals surface area contributed by atoms with Gasteiger partial charge in [-0.05, 0) is 43.4 Å². The monoisotopic (exact) mass is 604 g/mol. The van der Waals surface area contributed by atoms with E-state index in [9.17, 15) is 30.4 Å². The van der Waals surface area contributed by atoms with Gasteiger partial charge in [-0.1, -0.05) is 6.07 Å². The van der Waals surface area contributed by atoms with Gasteiger partial charge in [0.2, 0.25) is 25.0 Å². The second-order valence-electron chi connectivity index (χ2n) is 9.35. The number of anilines is 1. The summed E-state index contributed by atoms with van der Waals surface area (Å²) in [4.78, 5) is 26.0. The van der Waals surface area contributed by atoms with Crippen molar-refractivity contribution in [2.24, 2.45) is 0 Å². The van der Waals surface area contributed by atoms with Gasteiger partial charge in [0.15, 0.2) is 0 Å². The number of hydrogen-bond acceptors (Lipinski definition) is 9. The molecular weight excluding hydrogens is 578 g/mol. The van der Waals surface area contributed by atoms with E-state index in [0.717, 1.165) is 16.9 Å². The third-order valence-corrected chi connectivity index (χ3v) is 8.94. The van der Waals surface area contributed by atoms with Gasteiger partial charge in [-0.3, -0.25) is 14.3 Å². The number of nitrogens with zero attached hydrogens (tertiary/aromatic N) is 5. The van der Waals surface area contributed by atoms with Crippen LogP contribution in [0.15, 0.2) is 35.4 Å². The maximum atomic E-state index is 13.7. The summed E-state index contributed by atoms with van der Waals surface area (Å²) in [7, 11) is -1.65. The van der Waals surface area contributed by atoms with Crippen LogP contribution in [0, 0.1) is 0 Å². The quantitative estimate of drug-likeness (QED) is 0.345. The number of aryl methyl sites for hydroxylation is 1. The molecule has 0 unspecified atom stereocenters. The molecule has 4 heterocycles. The lowest BCUT2D eigenvalue weighted by molar-refractivity contribution is 0.149. The molecule has 0 atom stereocenters. The normalized spacial score (nSPS) is 15.7. The summed E-state index contributed by atoms with van der Waals surface area (Å²) in [6.07, 6.45) is 2.75. The summed E-state index contributed by atoms with van der Waals surface area (Å²) in [6.45, 7) is 0.608. The maximum absolute atomic E-state index is 13.7. The summed E-state index contributed by atoms with van der Waals surface area (Å²) in [5.74, 6) is 0.00753. The Kier molecular flexibility index (Phi) is 8.83. The van der Waals surface area contributed by atoms with E-state index in [1.807, 2.05) is 0 Å². The number of rotatable bonds is 10. The highest BCUT2D eigenvalue weighted by Crippen LogP contribution is 2.22. The minimum atomic E-state index is -3.60. The number of halogens is 3. The molecule has 4 rings (SSSR count). The number of pyridine rings is 2. The first-order valence-electron chi connectivity index (χ1n) is 12.1. The first-order chi connectivity index (χ1) is 18.3. The molecule has 1 N–H and O–H groups in total. The molecule has 0 bridgehead atoms. The fraction of sp³-hybridized carbons (Fsp3) is 0.478. The summed E-state index contributed by atoms with van der Waals surface area (Å²) < 4.78 is 75.6. The Morgan fingerprint density at radius 3 is 2.44 bits per heavy atom. The number of hydrogen-bond donors (Lipinski definition) is 1. The topological polar surface area (TPSA) is 144 Å². The van der Waals surface area contributed by atoms with Crippen LogP contribution >= 0.6 is 10.7 Å². The number of alkyl halides is 2. The van der Waals surface area contributed by atoms with Crippen molar-refractivity contribution in [3.05, 3.63) is 57.8 Å². The lowest BCUT2D eigenvalue weighted by atomic mass is 10.1. The maximum Gasteiger partial charge on any atom is 0.269 e. The Morgan fingerprint density at radius 2 is 1.85 bits per heavy atom. The van der Waals surface area contributed by atoms with Gasteiger partial charge in [-0.15, -0.1) is 0 Å². The Hall–Kier alpha value is -2.75. The van der Waals surface area contributed by atoms with Crippen LogP contribution < -0.4 is 10.9 Å². The highest BCUT2D eigenvalue weighted by molar-refractivity contribution is 8.13. The van der Waals surface area contributed by atoms with Crippen LogP contribution in [-0.4, -0.2) is 71.8 Å². The summed E-state index contributed by atoms with van der Waals surface area (Å²) in [5, 5.41) is 3.42. The molecule has 1 saturated heterocycles. The molecule has 3 aromatic heterocycles. The van der Waals surface area contributed by atoms with Gasteiger partial charge in [0, 0.05) is 53.3 Å². The Balaban J connectivity index is 1.58. The van der Waals surface area contributed by atoms with Gasteiger partial charge >= 0.3 is 0 Å². The zero-order valence-corrected chi connectivity index (χ0v) is 23.3. The van der Waals surface area contributed by atoms with Crippen LogP contribution in [0.1, 0.15) is 42.5 Å². The van der Waals surface area contributed by atoms with Crippen molar-refractivity contribution in [2.45, 2.75) is 44.7 Å². The van der Waals surface area contributed by atoms with Crippen molar-refractivity contribution in [1.82, 2.24) is 23.8 Å². The molecule has 212 valence electrons. The Bertz CT molecular complexity index is 1610. The standard InChI is InChI=1S/C23H27ClF2N6O5S2/c1-38(34,35)31-8-6-18(7-9-31)29-23-28-13-16-11-19(20(25)26)22(33)32(21(16)30-23)14-15-4-5-17(27-12-15)3-2-10-39(24,36)37/h4-5,11-13,18,20H,2-3,6-10,14H2,1H3,(H,28,29,30). The number of sulfonamides is 1. The van der Waals surface area contributed by atoms with Crippen LogP contribution in [0.2, 0.25) is 0 Å². The van der Waals surface area contributed by atoms with Gasteiger partial charge in [-0.25, -0.2) is 34.9 Å². The molecule has 0 radical (unpaired) electrons. The molecule has 16 heteroatoms. The highest BCUT2D eigenvalue weighted by atomic mass is 35.7. The molecule has 0 aliphatic carbocycles. The molecule has 1 aliphatic rings. The van der Waals surface area contributed by atoms with Crippen molar-refractivity contribution >= 4 is 46.7 Å². The fourth-order valence-corrected chi connectivity index (χ4v) is 6.06. The van der Waals surface area contributed by atoms with E-state index < -0.39 is 36.6 Å². The molecule has 0 amide bonds. The molecule has 0 saturated carbocycles. The van der Waals surface area contributed by atoms with E-state index in [0.29, 0.717) is 50.0 Å². The smallest absolute Gasteiger partial charge is 0.269 e. The lowest BCUT2D eigenvalue weighted by Crippen LogP contribution is -2.42. The van der Waals surface area contributed by atoms with E-state index >= 15 is 0 Å². The third-order valence-electron chi connectivity index (χ3n) is 6.39. The minimum absolute atomic E-state index is 0.0809. The SMILES string of the molecule is CS(=O)(=O)N1CCC(Nc2ncc3cc(C(F)F)c(=O)n(Cc4ccc(CCCS(=O)(=O)Cl)nc4)c3n2)CC1. The first kappa shape index (κ1) is 29.2. The fourth-order valence-electron chi connectivity index (χ4n) is 4.37. The van der Waals surface area contributed by atoms with E-state index in [1.54, 1.807) is 12.1 Å². The largest absolute Gasteiger partial charge is 0.351 e. The predicted octanol–water partition coefficient (Wildman–Crippen LogP) is 2.51. The average Bonchev–Trinajstić information content (AvgIpc) is 2.85. The lowest BCUT2D eigenvalue weighted by Gasteiger charge is -2.30. The van der Waals surface area contributed by atoms with Gasteiger partial charge in [0.05, 0.1) is 24.1 Å². The van der Waals surface area contributed by atoms with E-state index in [-0.39, 0.29) is 35.3 Å². The van der Waals surface area contributed by atoms with Gasteiger partial charge < -0.3 is 5.32 Å². The van der Waals surface area contributed by atoms with Crippen LogP contribution in [0.3, 0.4) is 0 Å². The number of fused-ring (bicyclic) bond motifs is 1. The number of aromatic nitrogens is 4. The van der Waals surface area contributed by atoms with Crippen molar-refractivity contribution in [1.29, 1.82) is 0 Å². The molecule has 1 fully saturated rings. The average molecular weight is 605 g/mol. The first-order valence-corrected chi connectivity index (χ1v) is 16.4. The summed E-state index contributed by atoms with van der Waals surface area (Å²) in [5.41, 5.74) is -0.230. The van der Waals surface area contributed by atoms with Crippen molar-refractivity contribution < 1.29 is 25.6 Å².